The largest absolute Gasteiger partial charge is 0.469 e. The normalized spacial score (nSPS) is 17.0. The molecule has 3 unspecified atom stereocenters. The molecule has 9 nitrogen and oxygen atoms in total. The van der Waals surface area contributed by atoms with Gasteiger partial charge in [0.15, 0.2) is 6.10 Å². The highest BCUT2D eigenvalue weighted by atomic mass is 31.2. The van der Waals surface area contributed by atoms with Crippen molar-refractivity contribution in [3.8, 4) is 0 Å². The maximum atomic E-state index is 12.4. The smallest absolute Gasteiger partial charge is 0.462 e. The van der Waals surface area contributed by atoms with Crippen molar-refractivity contribution < 1.29 is 42.7 Å². The molecule has 0 bridgehead atoms. The zero-order valence-electron chi connectivity index (χ0n) is 33.6. The van der Waals surface area contributed by atoms with Gasteiger partial charge in [-0.2, -0.15) is 0 Å². The van der Waals surface area contributed by atoms with E-state index in [2.05, 4.69) is 37.4 Å². The molecule has 306 valence electrons. The van der Waals surface area contributed by atoms with E-state index in [-0.39, 0.29) is 19.4 Å². The van der Waals surface area contributed by atoms with E-state index in [0.29, 0.717) is 18.6 Å². The van der Waals surface area contributed by atoms with E-state index in [1.165, 1.54) is 109 Å². The number of carbonyl (C=O) groups is 2. The Kier molecular flexibility index (Phi) is 31.1. The second-order valence-corrected chi connectivity index (χ2v) is 16.5. The van der Waals surface area contributed by atoms with Crippen LogP contribution in [0.5, 0.6) is 0 Å². The molecule has 1 aliphatic heterocycles. The first-order valence-electron chi connectivity index (χ1n) is 21.5. The van der Waals surface area contributed by atoms with Crippen LogP contribution in [0, 0.1) is 5.92 Å². The van der Waals surface area contributed by atoms with Gasteiger partial charge < -0.3 is 24.0 Å². The molecular weight excluding hydrogens is 679 g/mol. The molecule has 1 aliphatic rings. The SMILES string of the molecule is CCCCCC1OC1C/C=C\CCCCCCCC(=O)O[C@H](COC(=O)CCCCCCCCCCCCCCCCC(C)CC)COP(=O)(O)O. The molecular formula is C42H79O9P. The van der Waals surface area contributed by atoms with Crippen LogP contribution in [0.4, 0.5) is 0 Å². The lowest BCUT2D eigenvalue weighted by Crippen LogP contribution is -2.29. The number of phosphoric acid groups is 1. The Morgan fingerprint density at radius 1 is 0.673 bits per heavy atom. The lowest BCUT2D eigenvalue weighted by molar-refractivity contribution is -0.161. The van der Waals surface area contributed by atoms with Crippen LogP contribution in [0.15, 0.2) is 12.2 Å². The van der Waals surface area contributed by atoms with Crippen LogP contribution in [0.2, 0.25) is 0 Å². The predicted molar refractivity (Wildman–Crippen MR) is 211 cm³/mol. The molecule has 0 radical (unpaired) electrons. The number of carbonyl (C=O) groups excluding carboxylic acids is 2. The van der Waals surface area contributed by atoms with E-state index in [4.69, 9.17) is 24.0 Å². The zero-order chi connectivity index (χ0) is 38.1. The first kappa shape index (κ1) is 48.8. The zero-order valence-corrected chi connectivity index (χ0v) is 34.5. The van der Waals surface area contributed by atoms with Crippen molar-refractivity contribution in [2.24, 2.45) is 5.92 Å². The van der Waals surface area contributed by atoms with Crippen LogP contribution < -0.4 is 0 Å². The van der Waals surface area contributed by atoms with Crippen molar-refractivity contribution in [3.05, 3.63) is 12.2 Å². The molecule has 0 spiro atoms. The number of hydrogen-bond acceptors (Lipinski definition) is 7. The summed E-state index contributed by atoms with van der Waals surface area (Å²) in [4.78, 5) is 42.9. The molecule has 1 fully saturated rings. The van der Waals surface area contributed by atoms with Crippen LogP contribution in [-0.2, 0) is 32.9 Å². The van der Waals surface area contributed by atoms with Gasteiger partial charge >= 0.3 is 19.8 Å². The highest BCUT2D eigenvalue weighted by Crippen LogP contribution is 2.36. The van der Waals surface area contributed by atoms with Crippen molar-refractivity contribution in [3.63, 3.8) is 0 Å². The Morgan fingerprint density at radius 3 is 1.77 bits per heavy atom. The fourth-order valence-electron chi connectivity index (χ4n) is 6.53. The Bertz CT molecular complexity index is 936. The molecule has 52 heavy (non-hydrogen) atoms. The Balaban J connectivity index is 2.03. The average molecular weight is 759 g/mol. The minimum atomic E-state index is -4.76. The third-order valence-electron chi connectivity index (χ3n) is 10.2. The summed E-state index contributed by atoms with van der Waals surface area (Å²) in [5, 5.41) is 0. The minimum absolute atomic E-state index is 0.194. The topological polar surface area (TPSA) is 132 Å². The van der Waals surface area contributed by atoms with Gasteiger partial charge in [-0.15, -0.1) is 0 Å². The number of epoxide rings is 1. The third kappa shape index (κ3) is 32.2. The van der Waals surface area contributed by atoms with Gasteiger partial charge in [0.05, 0.1) is 18.8 Å². The van der Waals surface area contributed by atoms with Crippen molar-refractivity contribution in [2.45, 2.75) is 225 Å². The maximum absolute atomic E-state index is 12.4. The summed E-state index contributed by atoms with van der Waals surface area (Å²) >= 11 is 0. The van der Waals surface area contributed by atoms with E-state index in [9.17, 15) is 14.2 Å². The molecule has 4 atom stereocenters. The van der Waals surface area contributed by atoms with E-state index in [1.54, 1.807) is 0 Å². The Labute approximate surface area is 318 Å². The first-order valence-corrected chi connectivity index (χ1v) is 23.0. The van der Waals surface area contributed by atoms with Crippen molar-refractivity contribution in [1.29, 1.82) is 0 Å². The highest BCUT2D eigenvalue weighted by Gasteiger charge is 2.36. The Morgan fingerprint density at radius 2 is 1.21 bits per heavy atom. The van der Waals surface area contributed by atoms with Crippen LogP contribution in [0.3, 0.4) is 0 Å². The maximum Gasteiger partial charge on any atom is 0.469 e. The van der Waals surface area contributed by atoms with E-state index in [0.717, 1.165) is 63.7 Å². The van der Waals surface area contributed by atoms with Gasteiger partial charge in [0.1, 0.15) is 6.61 Å². The number of allylic oxidation sites excluding steroid dienone is 1. The van der Waals surface area contributed by atoms with E-state index >= 15 is 0 Å². The van der Waals surface area contributed by atoms with Gasteiger partial charge in [-0.05, 0) is 44.4 Å². The molecule has 0 amide bonds. The predicted octanol–water partition coefficient (Wildman–Crippen LogP) is 11.9. The first-order chi connectivity index (χ1) is 25.1. The van der Waals surface area contributed by atoms with Crippen molar-refractivity contribution in [1.82, 2.24) is 0 Å². The third-order valence-corrected chi connectivity index (χ3v) is 10.7. The molecule has 1 rings (SSSR count). The van der Waals surface area contributed by atoms with Crippen LogP contribution in [-0.4, -0.2) is 53.3 Å². The number of phosphoric ester groups is 1. The van der Waals surface area contributed by atoms with Gasteiger partial charge in [-0.1, -0.05) is 168 Å². The molecule has 0 aromatic heterocycles. The molecule has 0 aromatic carbocycles. The minimum Gasteiger partial charge on any atom is -0.462 e. The number of unbranched alkanes of at least 4 members (excludes halogenated alkanes) is 20. The van der Waals surface area contributed by atoms with Gasteiger partial charge in [-0.3, -0.25) is 14.1 Å². The molecule has 0 saturated carbocycles. The summed E-state index contributed by atoms with van der Waals surface area (Å²) < 4.78 is 32.1. The summed E-state index contributed by atoms with van der Waals surface area (Å²) in [5.41, 5.74) is 0. The fourth-order valence-corrected chi connectivity index (χ4v) is 6.89. The second-order valence-electron chi connectivity index (χ2n) is 15.3. The summed E-state index contributed by atoms with van der Waals surface area (Å²) in [7, 11) is -4.76. The van der Waals surface area contributed by atoms with Crippen LogP contribution >= 0.6 is 7.82 Å². The molecule has 0 aromatic rings. The summed E-state index contributed by atoms with van der Waals surface area (Å²) in [6.45, 7) is 6.03. The highest BCUT2D eigenvalue weighted by molar-refractivity contribution is 7.46. The van der Waals surface area contributed by atoms with Crippen molar-refractivity contribution >= 4 is 19.8 Å². The van der Waals surface area contributed by atoms with E-state index < -0.39 is 32.5 Å². The summed E-state index contributed by atoms with van der Waals surface area (Å²) in [6.07, 6.45) is 36.7. The van der Waals surface area contributed by atoms with Gasteiger partial charge in [-0.25, -0.2) is 4.57 Å². The molecule has 0 aliphatic carbocycles. The molecule has 1 saturated heterocycles. The molecule has 2 N–H and O–H groups in total. The Hall–Kier alpha value is -1.25. The van der Waals surface area contributed by atoms with Gasteiger partial charge in [0.2, 0.25) is 0 Å². The van der Waals surface area contributed by atoms with Crippen molar-refractivity contribution in [2.75, 3.05) is 13.2 Å². The lowest BCUT2D eigenvalue weighted by Gasteiger charge is -2.18. The van der Waals surface area contributed by atoms with Gasteiger partial charge in [0.25, 0.3) is 0 Å². The molecule has 10 heteroatoms. The van der Waals surface area contributed by atoms with Crippen LogP contribution in [0.1, 0.15) is 207 Å². The standard InChI is InChI=1S/C42H79O9P/c1-4-6-25-31-39-40(51-39)32-27-22-18-15-16-20-24-29-34-42(44)50-38(36-49-52(45,46)47)35-48-41(43)33-28-23-19-14-12-10-8-7-9-11-13-17-21-26-30-37(3)5-2/h22,27,37-40H,4-21,23-26,28-36H2,1-3H3,(H2,45,46,47)/b27-22-/t37?,38-,39?,40?/m1/s1. The number of rotatable bonds is 38. The average Bonchev–Trinajstić information content (AvgIpc) is 3.87. The summed E-state index contributed by atoms with van der Waals surface area (Å²) in [6, 6.07) is 0. The fraction of sp³-hybridized carbons (Fsp3) is 0.905. The number of ether oxygens (including phenoxy) is 3. The quantitative estimate of drug-likeness (QED) is 0.0207. The lowest BCUT2D eigenvalue weighted by atomic mass is 9.99. The summed E-state index contributed by atoms with van der Waals surface area (Å²) in [5.74, 6) is -0.0152. The van der Waals surface area contributed by atoms with E-state index in [1.807, 2.05) is 0 Å². The van der Waals surface area contributed by atoms with Gasteiger partial charge in [0, 0.05) is 12.8 Å². The number of hydrogen-bond donors (Lipinski definition) is 2. The second kappa shape index (κ2) is 33.1. The monoisotopic (exact) mass is 759 g/mol. The van der Waals surface area contributed by atoms with Crippen LogP contribution in [0.25, 0.3) is 0 Å². The number of esters is 2. The molecule has 1 heterocycles.